The van der Waals surface area contributed by atoms with Gasteiger partial charge in [-0.1, -0.05) is 18.2 Å². The van der Waals surface area contributed by atoms with Gasteiger partial charge < -0.3 is 15.3 Å². The van der Waals surface area contributed by atoms with Gasteiger partial charge >= 0.3 is 0 Å². The minimum Gasteiger partial charge on any atom is -0.393 e. The Morgan fingerprint density at radius 1 is 1.29 bits per heavy atom. The van der Waals surface area contributed by atoms with E-state index in [-0.39, 0.29) is 6.10 Å². The standard InChI is InChI=1S/C18H30N2O/c1-14-6-4-7-18(15(14)2)16(3)19-10-5-11-20-12-8-17(21)9-13-20/h4,6-7,16-17,19,21H,5,8-13H2,1-3H3. The number of nitrogens with zero attached hydrogens (tertiary/aromatic N) is 1. The highest BCUT2D eigenvalue weighted by atomic mass is 16.3. The van der Waals surface area contributed by atoms with Crippen molar-refractivity contribution < 1.29 is 5.11 Å². The second-order valence-corrected chi connectivity index (χ2v) is 6.39. The Hall–Kier alpha value is -0.900. The molecule has 0 aliphatic carbocycles. The van der Waals surface area contributed by atoms with E-state index in [1.807, 2.05) is 0 Å². The van der Waals surface area contributed by atoms with Crippen molar-refractivity contribution in [2.45, 2.75) is 52.2 Å². The lowest BCUT2D eigenvalue weighted by Gasteiger charge is -2.29. The number of piperidine rings is 1. The number of rotatable bonds is 6. The zero-order valence-corrected chi connectivity index (χ0v) is 13.7. The summed E-state index contributed by atoms with van der Waals surface area (Å²) in [7, 11) is 0. The Kier molecular flexibility index (Phi) is 6.22. The van der Waals surface area contributed by atoms with E-state index in [2.05, 4.69) is 49.2 Å². The van der Waals surface area contributed by atoms with Crippen LogP contribution in [0.5, 0.6) is 0 Å². The van der Waals surface area contributed by atoms with E-state index in [9.17, 15) is 5.11 Å². The quantitative estimate of drug-likeness (QED) is 0.791. The van der Waals surface area contributed by atoms with Crippen molar-refractivity contribution in [3.05, 3.63) is 34.9 Å². The summed E-state index contributed by atoms with van der Waals surface area (Å²) in [4.78, 5) is 2.47. The number of nitrogens with one attached hydrogen (secondary N) is 1. The lowest BCUT2D eigenvalue weighted by atomic mass is 9.98. The van der Waals surface area contributed by atoms with Crippen LogP contribution < -0.4 is 5.32 Å². The van der Waals surface area contributed by atoms with Crippen molar-refractivity contribution in [1.29, 1.82) is 0 Å². The molecule has 2 rings (SSSR count). The SMILES string of the molecule is Cc1cccc(C(C)NCCCN2CCC(O)CC2)c1C. The average Bonchev–Trinajstić information content (AvgIpc) is 2.48. The van der Waals surface area contributed by atoms with Gasteiger partial charge in [0.05, 0.1) is 6.10 Å². The number of aryl methyl sites for hydroxylation is 1. The third-order valence-corrected chi connectivity index (χ3v) is 4.77. The monoisotopic (exact) mass is 290 g/mol. The first kappa shape index (κ1) is 16.5. The fourth-order valence-electron chi connectivity index (χ4n) is 3.12. The van der Waals surface area contributed by atoms with Crippen molar-refractivity contribution in [3.8, 4) is 0 Å². The molecular weight excluding hydrogens is 260 g/mol. The zero-order valence-electron chi connectivity index (χ0n) is 13.7. The molecule has 3 nitrogen and oxygen atoms in total. The number of aliphatic hydroxyl groups is 1. The zero-order chi connectivity index (χ0) is 15.2. The fourth-order valence-corrected chi connectivity index (χ4v) is 3.12. The highest BCUT2D eigenvalue weighted by Crippen LogP contribution is 2.20. The third kappa shape index (κ3) is 4.80. The molecule has 0 aromatic heterocycles. The first-order valence-corrected chi connectivity index (χ1v) is 8.28. The van der Waals surface area contributed by atoms with Crippen LogP contribution in [0.3, 0.4) is 0 Å². The lowest BCUT2D eigenvalue weighted by Crippen LogP contribution is -2.37. The number of aliphatic hydroxyl groups excluding tert-OH is 1. The molecular formula is C18H30N2O. The summed E-state index contributed by atoms with van der Waals surface area (Å²) >= 11 is 0. The Balaban J connectivity index is 1.70. The van der Waals surface area contributed by atoms with E-state index >= 15 is 0 Å². The first-order valence-electron chi connectivity index (χ1n) is 8.28. The maximum Gasteiger partial charge on any atom is 0.0564 e. The molecule has 0 saturated carbocycles. The van der Waals surface area contributed by atoms with Gasteiger partial charge in [-0.05, 0) is 69.8 Å². The van der Waals surface area contributed by atoms with Gasteiger partial charge in [-0.2, -0.15) is 0 Å². The molecule has 1 fully saturated rings. The molecule has 1 aromatic rings. The lowest BCUT2D eigenvalue weighted by molar-refractivity contribution is 0.0820. The van der Waals surface area contributed by atoms with E-state index in [0.717, 1.165) is 39.0 Å². The number of hydrogen-bond donors (Lipinski definition) is 2. The Bertz CT molecular complexity index is 439. The molecule has 21 heavy (non-hydrogen) atoms. The topological polar surface area (TPSA) is 35.5 Å². The Morgan fingerprint density at radius 3 is 2.71 bits per heavy atom. The summed E-state index contributed by atoms with van der Waals surface area (Å²) in [6.45, 7) is 10.9. The highest BCUT2D eigenvalue weighted by Gasteiger charge is 2.16. The summed E-state index contributed by atoms with van der Waals surface area (Å²) in [5, 5.41) is 13.1. The number of hydrogen-bond acceptors (Lipinski definition) is 3. The molecule has 1 aliphatic rings. The van der Waals surface area contributed by atoms with Crippen LogP contribution >= 0.6 is 0 Å². The maximum absolute atomic E-state index is 9.51. The minimum atomic E-state index is -0.0660. The molecule has 2 N–H and O–H groups in total. The molecule has 0 spiro atoms. The normalized spacial score (nSPS) is 18.9. The molecule has 1 aliphatic heterocycles. The van der Waals surface area contributed by atoms with Crippen molar-refractivity contribution in [3.63, 3.8) is 0 Å². The molecule has 0 radical (unpaired) electrons. The van der Waals surface area contributed by atoms with Crippen LogP contribution in [0, 0.1) is 13.8 Å². The smallest absolute Gasteiger partial charge is 0.0564 e. The van der Waals surface area contributed by atoms with Gasteiger partial charge in [0, 0.05) is 19.1 Å². The van der Waals surface area contributed by atoms with Gasteiger partial charge in [0.1, 0.15) is 0 Å². The second kappa shape index (κ2) is 7.92. The van der Waals surface area contributed by atoms with Gasteiger partial charge in [-0.15, -0.1) is 0 Å². The number of benzene rings is 1. The van der Waals surface area contributed by atoms with Crippen molar-refractivity contribution in [1.82, 2.24) is 10.2 Å². The number of likely N-dealkylation sites (tertiary alicyclic amines) is 1. The van der Waals surface area contributed by atoms with E-state index in [0.29, 0.717) is 6.04 Å². The molecule has 3 heteroatoms. The van der Waals surface area contributed by atoms with E-state index in [1.54, 1.807) is 0 Å². The van der Waals surface area contributed by atoms with E-state index < -0.39 is 0 Å². The van der Waals surface area contributed by atoms with Crippen LogP contribution in [0.2, 0.25) is 0 Å². The van der Waals surface area contributed by atoms with Gasteiger partial charge in [0.2, 0.25) is 0 Å². The molecule has 118 valence electrons. The van der Waals surface area contributed by atoms with Crippen LogP contribution in [-0.4, -0.2) is 42.3 Å². The second-order valence-electron chi connectivity index (χ2n) is 6.39. The summed E-state index contributed by atoms with van der Waals surface area (Å²) in [5.41, 5.74) is 4.19. The largest absolute Gasteiger partial charge is 0.393 e. The highest BCUT2D eigenvalue weighted by molar-refractivity contribution is 5.34. The minimum absolute atomic E-state index is 0.0660. The van der Waals surface area contributed by atoms with Crippen molar-refractivity contribution in [2.75, 3.05) is 26.2 Å². The molecule has 1 saturated heterocycles. The molecule has 0 amide bonds. The predicted molar refractivity (Wildman–Crippen MR) is 88.6 cm³/mol. The molecule has 1 atom stereocenters. The van der Waals surface area contributed by atoms with Crippen LogP contribution in [0.15, 0.2) is 18.2 Å². The summed E-state index contributed by atoms with van der Waals surface area (Å²) in [5.74, 6) is 0. The van der Waals surface area contributed by atoms with E-state index in [1.165, 1.54) is 23.1 Å². The summed E-state index contributed by atoms with van der Waals surface area (Å²) in [6.07, 6.45) is 2.98. The maximum atomic E-state index is 9.51. The summed E-state index contributed by atoms with van der Waals surface area (Å²) in [6, 6.07) is 6.96. The molecule has 1 heterocycles. The molecule has 0 bridgehead atoms. The van der Waals surface area contributed by atoms with Gasteiger partial charge in [0.15, 0.2) is 0 Å². The third-order valence-electron chi connectivity index (χ3n) is 4.77. The van der Waals surface area contributed by atoms with Crippen LogP contribution in [0.25, 0.3) is 0 Å². The van der Waals surface area contributed by atoms with Crippen LogP contribution in [0.4, 0.5) is 0 Å². The Morgan fingerprint density at radius 2 is 2.00 bits per heavy atom. The van der Waals surface area contributed by atoms with Gasteiger partial charge in [-0.25, -0.2) is 0 Å². The predicted octanol–water partition coefficient (Wildman–Crippen LogP) is 2.80. The Labute approximate surface area is 129 Å². The first-order chi connectivity index (χ1) is 10.1. The molecule has 1 unspecified atom stereocenters. The molecule has 1 aromatic carbocycles. The van der Waals surface area contributed by atoms with Gasteiger partial charge in [0.25, 0.3) is 0 Å². The van der Waals surface area contributed by atoms with E-state index in [4.69, 9.17) is 0 Å². The van der Waals surface area contributed by atoms with Crippen molar-refractivity contribution in [2.24, 2.45) is 0 Å². The van der Waals surface area contributed by atoms with Gasteiger partial charge in [-0.3, -0.25) is 0 Å². The van der Waals surface area contributed by atoms with Crippen LogP contribution in [0.1, 0.15) is 48.9 Å². The van der Waals surface area contributed by atoms with Crippen molar-refractivity contribution >= 4 is 0 Å². The summed E-state index contributed by atoms with van der Waals surface area (Å²) < 4.78 is 0. The van der Waals surface area contributed by atoms with Crippen LogP contribution in [-0.2, 0) is 0 Å². The fraction of sp³-hybridized carbons (Fsp3) is 0.667. The average molecular weight is 290 g/mol.